The molecule has 8 nitrogen and oxygen atoms in total. The van der Waals surface area contributed by atoms with Crippen LogP contribution in [-0.4, -0.2) is 25.6 Å². The van der Waals surface area contributed by atoms with E-state index in [0.29, 0.717) is 17.8 Å². The second kappa shape index (κ2) is 9.00. The van der Waals surface area contributed by atoms with Crippen LogP contribution in [0, 0.1) is 10.1 Å². The summed E-state index contributed by atoms with van der Waals surface area (Å²) in [5.74, 6) is -0.165. The summed E-state index contributed by atoms with van der Waals surface area (Å²) in [4.78, 5) is 27.3. The average Bonchev–Trinajstić information content (AvgIpc) is 3.22. The third-order valence-corrected chi connectivity index (χ3v) is 4.71. The van der Waals surface area contributed by atoms with Crippen molar-refractivity contribution in [2.24, 2.45) is 0 Å². The van der Waals surface area contributed by atoms with Crippen LogP contribution in [0.25, 0.3) is 16.9 Å². The van der Waals surface area contributed by atoms with Crippen molar-refractivity contribution in [2.75, 3.05) is 0 Å². The summed E-state index contributed by atoms with van der Waals surface area (Å²) in [5, 5.41) is 18.5. The second-order valence-corrected chi connectivity index (χ2v) is 6.86. The average molecular weight is 413 g/mol. The number of para-hydroxylation sites is 1. The Morgan fingerprint density at radius 2 is 1.74 bits per heavy atom. The van der Waals surface area contributed by atoms with Gasteiger partial charge in [-0.25, -0.2) is 4.68 Å². The predicted octanol–water partition coefficient (Wildman–Crippen LogP) is 3.70. The number of aromatic nitrogens is 3. The molecule has 0 spiro atoms. The van der Waals surface area contributed by atoms with Crippen LogP contribution >= 0.6 is 0 Å². The molecule has 2 heterocycles. The molecule has 1 amide bonds. The molecule has 4 aromatic rings. The van der Waals surface area contributed by atoms with Crippen LogP contribution < -0.4 is 5.32 Å². The Morgan fingerprint density at radius 3 is 2.42 bits per heavy atom. The van der Waals surface area contributed by atoms with Gasteiger partial charge in [0, 0.05) is 35.7 Å². The number of nitro benzene ring substituents is 1. The number of nitro groups is 1. The van der Waals surface area contributed by atoms with Gasteiger partial charge in [0.1, 0.15) is 0 Å². The third-order valence-electron chi connectivity index (χ3n) is 4.71. The highest BCUT2D eigenvalue weighted by atomic mass is 16.6. The van der Waals surface area contributed by atoms with Crippen LogP contribution in [0.1, 0.15) is 11.3 Å². The molecule has 0 saturated heterocycles. The van der Waals surface area contributed by atoms with Crippen molar-refractivity contribution in [1.29, 1.82) is 0 Å². The van der Waals surface area contributed by atoms with Crippen LogP contribution in [0.4, 0.5) is 5.69 Å². The Balaban J connectivity index is 1.61. The van der Waals surface area contributed by atoms with Crippen LogP contribution in [-0.2, 0) is 17.8 Å². The molecule has 0 radical (unpaired) electrons. The first-order valence-corrected chi connectivity index (χ1v) is 9.65. The zero-order valence-electron chi connectivity index (χ0n) is 16.5. The topological polar surface area (TPSA) is 103 Å². The summed E-state index contributed by atoms with van der Waals surface area (Å²) in [6.07, 6.45) is 3.61. The number of hydrogen-bond acceptors (Lipinski definition) is 5. The molecule has 0 aliphatic rings. The Kier molecular flexibility index (Phi) is 5.79. The monoisotopic (exact) mass is 413 g/mol. The molecule has 2 aromatic carbocycles. The quantitative estimate of drug-likeness (QED) is 0.368. The minimum absolute atomic E-state index is 0.000830. The van der Waals surface area contributed by atoms with E-state index in [4.69, 9.17) is 0 Å². The van der Waals surface area contributed by atoms with Gasteiger partial charge in [-0.1, -0.05) is 24.3 Å². The minimum Gasteiger partial charge on any atom is -0.350 e. The second-order valence-electron chi connectivity index (χ2n) is 6.86. The van der Waals surface area contributed by atoms with Gasteiger partial charge in [-0.3, -0.25) is 19.9 Å². The van der Waals surface area contributed by atoms with Crippen molar-refractivity contribution in [3.8, 4) is 16.9 Å². The maximum atomic E-state index is 12.6. The molecular weight excluding hydrogens is 394 g/mol. The Labute approximate surface area is 178 Å². The van der Waals surface area contributed by atoms with Gasteiger partial charge in [0.25, 0.3) is 5.69 Å². The predicted molar refractivity (Wildman–Crippen MR) is 115 cm³/mol. The molecular formula is C23H19N5O3. The largest absolute Gasteiger partial charge is 0.350 e. The summed E-state index contributed by atoms with van der Waals surface area (Å²) in [7, 11) is 0. The molecule has 0 aliphatic heterocycles. The molecule has 0 unspecified atom stereocenters. The van der Waals surface area contributed by atoms with E-state index in [9.17, 15) is 14.9 Å². The fourth-order valence-corrected chi connectivity index (χ4v) is 3.16. The van der Waals surface area contributed by atoms with E-state index in [-0.39, 0.29) is 18.0 Å². The Hall–Kier alpha value is -4.33. The van der Waals surface area contributed by atoms with E-state index < -0.39 is 4.92 Å². The molecule has 31 heavy (non-hydrogen) atoms. The number of nitrogens with zero attached hydrogens (tertiary/aromatic N) is 4. The van der Waals surface area contributed by atoms with Crippen LogP contribution in [0.3, 0.4) is 0 Å². The summed E-state index contributed by atoms with van der Waals surface area (Å²) in [6, 6.07) is 21.2. The highest BCUT2D eigenvalue weighted by molar-refractivity contribution is 5.81. The smallest absolute Gasteiger partial charge is 0.269 e. The van der Waals surface area contributed by atoms with E-state index in [1.165, 1.54) is 12.1 Å². The standard InChI is InChI=1S/C23H19N5O3/c29-22(25-15-19-6-4-5-13-24-19)14-18-16-27(20-7-2-1-3-8-20)26-23(18)17-9-11-21(12-10-17)28(30)31/h1-13,16H,14-15H2,(H,25,29). The number of rotatable bonds is 7. The summed E-state index contributed by atoms with van der Waals surface area (Å²) >= 11 is 0. The maximum Gasteiger partial charge on any atom is 0.269 e. The number of carbonyl (C=O) groups is 1. The van der Waals surface area contributed by atoms with Gasteiger partial charge in [0.15, 0.2) is 0 Å². The first-order valence-electron chi connectivity index (χ1n) is 9.65. The fraction of sp³-hybridized carbons (Fsp3) is 0.0870. The van der Waals surface area contributed by atoms with Crippen LogP contribution in [0.2, 0.25) is 0 Å². The fourth-order valence-electron chi connectivity index (χ4n) is 3.16. The van der Waals surface area contributed by atoms with Gasteiger partial charge in [0.05, 0.1) is 35.0 Å². The number of amides is 1. The molecule has 0 saturated carbocycles. The van der Waals surface area contributed by atoms with E-state index in [2.05, 4.69) is 15.4 Å². The molecule has 1 N–H and O–H groups in total. The van der Waals surface area contributed by atoms with Crippen molar-refractivity contribution in [3.05, 3.63) is 107 Å². The summed E-state index contributed by atoms with van der Waals surface area (Å²) < 4.78 is 1.71. The van der Waals surface area contributed by atoms with Gasteiger partial charge >= 0.3 is 0 Å². The third kappa shape index (κ3) is 4.81. The lowest BCUT2D eigenvalue weighted by Gasteiger charge is -2.05. The SMILES string of the molecule is O=C(Cc1cn(-c2ccccc2)nc1-c1ccc([N+](=O)[O-])cc1)NCc1ccccn1. The number of nitrogens with one attached hydrogen (secondary N) is 1. The maximum absolute atomic E-state index is 12.6. The van der Waals surface area contributed by atoms with E-state index in [1.807, 2.05) is 54.7 Å². The van der Waals surface area contributed by atoms with Crippen molar-refractivity contribution in [1.82, 2.24) is 20.1 Å². The van der Waals surface area contributed by atoms with E-state index in [0.717, 1.165) is 16.9 Å². The first kappa shape index (κ1) is 20.0. The van der Waals surface area contributed by atoms with Crippen LogP contribution in [0.15, 0.2) is 85.2 Å². The number of hydrogen-bond donors (Lipinski definition) is 1. The Morgan fingerprint density at radius 1 is 1.00 bits per heavy atom. The van der Waals surface area contributed by atoms with Gasteiger partial charge in [-0.05, 0) is 36.4 Å². The van der Waals surface area contributed by atoms with E-state index >= 15 is 0 Å². The zero-order valence-corrected chi connectivity index (χ0v) is 16.5. The molecule has 2 aromatic heterocycles. The number of pyridine rings is 1. The molecule has 0 aliphatic carbocycles. The highest BCUT2D eigenvalue weighted by Crippen LogP contribution is 2.26. The van der Waals surface area contributed by atoms with Crippen molar-refractivity contribution in [2.45, 2.75) is 13.0 Å². The molecule has 0 bridgehead atoms. The van der Waals surface area contributed by atoms with Crippen molar-refractivity contribution >= 4 is 11.6 Å². The first-order chi connectivity index (χ1) is 15.1. The van der Waals surface area contributed by atoms with E-state index in [1.54, 1.807) is 23.0 Å². The van der Waals surface area contributed by atoms with Gasteiger partial charge in [-0.2, -0.15) is 5.10 Å². The summed E-state index contributed by atoms with van der Waals surface area (Å²) in [5.41, 5.74) is 3.65. The lowest BCUT2D eigenvalue weighted by molar-refractivity contribution is -0.384. The van der Waals surface area contributed by atoms with Gasteiger partial charge in [-0.15, -0.1) is 0 Å². The number of non-ortho nitro benzene ring substituents is 1. The molecule has 4 rings (SSSR count). The Bertz CT molecular complexity index is 1190. The zero-order chi connectivity index (χ0) is 21.6. The number of benzene rings is 2. The van der Waals surface area contributed by atoms with Crippen molar-refractivity contribution < 1.29 is 9.72 Å². The highest BCUT2D eigenvalue weighted by Gasteiger charge is 2.16. The van der Waals surface area contributed by atoms with Crippen LogP contribution in [0.5, 0.6) is 0 Å². The molecule has 8 heteroatoms. The minimum atomic E-state index is -0.446. The molecule has 0 atom stereocenters. The lowest BCUT2D eigenvalue weighted by Crippen LogP contribution is -2.25. The molecule has 0 fully saturated rings. The number of carbonyl (C=O) groups excluding carboxylic acids is 1. The van der Waals surface area contributed by atoms with Crippen molar-refractivity contribution in [3.63, 3.8) is 0 Å². The normalized spacial score (nSPS) is 10.6. The lowest BCUT2D eigenvalue weighted by atomic mass is 10.1. The van der Waals surface area contributed by atoms with Gasteiger partial charge < -0.3 is 5.32 Å². The van der Waals surface area contributed by atoms with Gasteiger partial charge in [0.2, 0.25) is 5.91 Å². The summed E-state index contributed by atoms with van der Waals surface area (Å²) in [6.45, 7) is 0.333. The molecule has 154 valence electrons.